The Kier molecular flexibility index (Phi) is 6.82. The first-order chi connectivity index (χ1) is 14.8. The fourth-order valence-corrected chi connectivity index (χ4v) is 3.24. The molecule has 158 valence electrons. The van der Waals surface area contributed by atoms with Crippen molar-refractivity contribution < 1.29 is 14.4 Å². The van der Waals surface area contributed by atoms with Crippen molar-refractivity contribution >= 4 is 29.1 Å². The van der Waals surface area contributed by atoms with Crippen LogP contribution in [0, 0.1) is 13.8 Å². The first-order valence-electron chi connectivity index (χ1n) is 9.95. The van der Waals surface area contributed by atoms with Crippen LogP contribution in [-0.4, -0.2) is 17.7 Å². The Bertz CT molecular complexity index is 1090. The maximum absolute atomic E-state index is 12.8. The highest BCUT2D eigenvalue weighted by Gasteiger charge is 2.22. The lowest BCUT2D eigenvalue weighted by molar-refractivity contribution is -0.136. The van der Waals surface area contributed by atoms with E-state index in [4.69, 9.17) is 0 Å². The molecule has 3 aromatic rings. The van der Waals surface area contributed by atoms with E-state index in [9.17, 15) is 14.4 Å². The third kappa shape index (κ3) is 5.57. The van der Waals surface area contributed by atoms with Gasteiger partial charge in [0.15, 0.2) is 0 Å². The molecule has 3 amide bonds. The summed E-state index contributed by atoms with van der Waals surface area (Å²) in [5.74, 6) is -1.75. The van der Waals surface area contributed by atoms with Crippen LogP contribution in [0.1, 0.15) is 35.2 Å². The van der Waals surface area contributed by atoms with Gasteiger partial charge in [0, 0.05) is 18.3 Å². The summed E-state index contributed by atoms with van der Waals surface area (Å²) < 4.78 is 0. The minimum atomic E-state index is -0.781. The van der Waals surface area contributed by atoms with Gasteiger partial charge in [-0.05, 0) is 42.7 Å². The van der Waals surface area contributed by atoms with Crippen LogP contribution >= 0.6 is 0 Å². The van der Waals surface area contributed by atoms with Gasteiger partial charge in [-0.2, -0.15) is 0 Å². The third-order valence-electron chi connectivity index (χ3n) is 4.92. The van der Waals surface area contributed by atoms with Crippen molar-refractivity contribution in [1.82, 2.24) is 5.32 Å². The lowest BCUT2D eigenvalue weighted by Crippen LogP contribution is -2.38. The van der Waals surface area contributed by atoms with Crippen LogP contribution in [-0.2, 0) is 14.4 Å². The molecule has 3 rings (SSSR count). The molecule has 3 N–H and O–H groups in total. The first-order valence-corrected chi connectivity index (χ1v) is 9.95. The van der Waals surface area contributed by atoms with Crippen molar-refractivity contribution in [2.75, 3.05) is 10.6 Å². The third-order valence-corrected chi connectivity index (χ3v) is 4.92. The lowest BCUT2D eigenvalue weighted by Gasteiger charge is -2.20. The van der Waals surface area contributed by atoms with Crippen molar-refractivity contribution in [2.45, 2.75) is 26.8 Å². The Labute approximate surface area is 181 Å². The summed E-state index contributed by atoms with van der Waals surface area (Å²) in [7, 11) is 0. The molecular formula is C25H25N3O3. The quantitative estimate of drug-likeness (QED) is 0.548. The number of hydrogen-bond acceptors (Lipinski definition) is 3. The van der Waals surface area contributed by atoms with Crippen molar-refractivity contribution in [2.24, 2.45) is 0 Å². The van der Waals surface area contributed by atoms with Gasteiger partial charge in [0.2, 0.25) is 5.91 Å². The average Bonchev–Trinajstić information content (AvgIpc) is 2.75. The highest BCUT2D eigenvalue weighted by molar-refractivity contribution is 6.39. The second-order valence-corrected chi connectivity index (χ2v) is 7.34. The minimum Gasteiger partial charge on any atom is -0.337 e. The van der Waals surface area contributed by atoms with Crippen LogP contribution in [0.4, 0.5) is 11.4 Å². The van der Waals surface area contributed by atoms with Crippen molar-refractivity contribution in [1.29, 1.82) is 0 Å². The second kappa shape index (κ2) is 9.71. The Balaban J connectivity index is 1.80. The molecule has 6 nitrogen and oxygen atoms in total. The summed E-state index contributed by atoms with van der Waals surface area (Å²) in [5.41, 5.74) is 4.55. The molecule has 0 heterocycles. The topological polar surface area (TPSA) is 87.3 Å². The Hall–Kier alpha value is -3.93. The molecule has 0 radical (unpaired) electrons. The highest BCUT2D eigenvalue weighted by atomic mass is 16.2. The van der Waals surface area contributed by atoms with Gasteiger partial charge >= 0.3 is 11.8 Å². The molecule has 31 heavy (non-hydrogen) atoms. The smallest absolute Gasteiger partial charge is 0.313 e. The molecule has 1 unspecified atom stereocenters. The summed E-state index contributed by atoms with van der Waals surface area (Å²) in [6, 6.07) is 21.9. The zero-order chi connectivity index (χ0) is 22.4. The minimum absolute atomic E-state index is 0.215. The van der Waals surface area contributed by atoms with Gasteiger partial charge in [0.1, 0.15) is 0 Å². The van der Waals surface area contributed by atoms with Gasteiger partial charge < -0.3 is 16.0 Å². The van der Waals surface area contributed by atoms with E-state index in [0.29, 0.717) is 16.9 Å². The summed E-state index contributed by atoms with van der Waals surface area (Å²) in [4.78, 5) is 36.7. The van der Waals surface area contributed by atoms with Gasteiger partial charge in [-0.15, -0.1) is 0 Å². The Morgan fingerprint density at radius 3 is 1.87 bits per heavy atom. The maximum atomic E-state index is 12.8. The molecule has 0 saturated heterocycles. The zero-order valence-corrected chi connectivity index (χ0v) is 17.7. The van der Waals surface area contributed by atoms with Crippen LogP contribution in [0.2, 0.25) is 0 Å². The number of carbonyl (C=O) groups excluding carboxylic acids is 3. The van der Waals surface area contributed by atoms with E-state index in [1.165, 1.54) is 6.92 Å². The van der Waals surface area contributed by atoms with Crippen molar-refractivity contribution in [3.63, 3.8) is 0 Å². The molecule has 0 saturated carbocycles. The normalized spacial score (nSPS) is 11.3. The van der Waals surface area contributed by atoms with Gasteiger partial charge in [0.05, 0.1) is 6.04 Å². The van der Waals surface area contributed by atoms with E-state index in [1.807, 2.05) is 61.5 Å². The summed E-state index contributed by atoms with van der Waals surface area (Å²) in [6.07, 6.45) is 0. The molecule has 0 aliphatic carbocycles. The van der Waals surface area contributed by atoms with Gasteiger partial charge in [-0.3, -0.25) is 14.4 Å². The van der Waals surface area contributed by atoms with Crippen LogP contribution in [0.25, 0.3) is 0 Å². The standard InChI is InChI=1S/C25H25N3O3/c1-16-12-14-20(15-13-16)23(19-8-5-4-6-9-19)28-25(31)24(30)27-22-11-7-10-21(17(22)2)26-18(3)29/h4-15,23H,1-3H3,(H,26,29)(H,27,30)(H,28,31). The monoisotopic (exact) mass is 415 g/mol. The van der Waals surface area contributed by atoms with E-state index in [0.717, 1.165) is 16.7 Å². The van der Waals surface area contributed by atoms with Crippen LogP contribution in [0.3, 0.4) is 0 Å². The number of anilines is 2. The van der Waals surface area contributed by atoms with E-state index < -0.39 is 17.9 Å². The summed E-state index contributed by atoms with van der Waals surface area (Å²) in [5, 5.41) is 8.18. The van der Waals surface area contributed by atoms with Gasteiger partial charge in [-0.25, -0.2) is 0 Å². The van der Waals surface area contributed by atoms with Crippen LogP contribution < -0.4 is 16.0 Å². The second-order valence-electron chi connectivity index (χ2n) is 7.34. The SMILES string of the molecule is CC(=O)Nc1cccc(NC(=O)C(=O)NC(c2ccccc2)c2ccc(C)cc2)c1C. The van der Waals surface area contributed by atoms with E-state index in [-0.39, 0.29) is 5.91 Å². The number of hydrogen-bond donors (Lipinski definition) is 3. The van der Waals surface area contributed by atoms with Crippen molar-refractivity contribution in [3.05, 3.63) is 95.1 Å². The highest BCUT2D eigenvalue weighted by Crippen LogP contribution is 2.24. The number of aryl methyl sites for hydroxylation is 1. The number of rotatable bonds is 5. The molecule has 0 fully saturated rings. The van der Waals surface area contributed by atoms with E-state index in [1.54, 1.807) is 25.1 Å². The molecule has 0 aromatic heterocycles. The van der Waals surface area contributed by atoms with Crippen molar-refractivity contribution in [3.8, 4) is 0 Å². The van der Waals surface area contributed by atoms with E-state index >= 15 is 0 Å². The first kappa shape index (κ1) is 21.8. The predicted molar refractivity (Wildman–Crippen MR) is 122 cm³/mol. The molecule has 1 atom stereocenters. The number of amides is 3. The Morgan fingerprint density at radius 1 is 0.677 bits per heavy atom. The molecule has 0 aliphatic heterocycles. The van der Waals surface area contributed by atoms with Crippen LogP contribution in [0.5, 0.6) is 0 Å². The fourth-order valence-electron chi connectivity index (χ4n) is 3.24. The Morgan fingerprint density at radius 2 is 1.26 bits per heavy atom. The maximum Gasteiger partial charge on any atom is 0.313 e. The summed E-state index contributed by atoms with van der Waals surface area (Å²) in [6.45, 7) is 5.16. The average molecular weight is 415 g/mol. The number of carbonyl (C=O) groups is 3. The molecule has 0 bridgehead atoms. The zero-order valence-electron chi connectivity index (χ0n) is 17.7. The molecule has 6 heteroatoms. The lowest BCUT2D eigenvalue weighted by atomic mass is 9.98. The number of benzene rings is 3. The van der Waals surface area contributed by atoms with Gasteiger partial charge in [0.25, 0.3) is 0 Å². The molecule has 0 spiro atoms. The van der Waals surface area contributed by atoms with Gasteiger partial charge in [-0.1, -0.05) is 66.2 Å². The summed E-state index contributed by atoms with van der Waals surface area (Å²) >= 11 is 0. The number of nitrogens with one attached hydrogen (secondary N) is 3. The van der Waals surface area contributed by atoms with E-state index in [2.05, 4.69) is 16.0 Å². The molecule has 0 aliphatic rings. The molecule has 3 aromatic carbocycles. The largest absolute Gasteiger partial charge is 0.337 e. The molecular weight excluding hydrogens is 390 g/mol. The van der Waals surface area contributed by atoms with Crippen LogP contribution in [0.15, 0.2) is 72.8 Å². The predicted octanol–water partition coefficient (Wildman–Crippen LogP) is 4.11. The fraction of sp³-hybridized carbons (Fsp3) is 0.160.